The average Bonchev–Trinajstić information content (AvgIpc) is 2.34. The van der Waals surface area contributed by atoms with E-state index in [9.17, 15) is 22.0 Å². The normalized spacial score (nSPS) is 13.3. The van der Waals surface area contributed by atoms with Gasteiger partial charge in [0.1, 0.15) is 0 Å². The van der Waals surface area contributed by atoms with Gasteiger partial charge in [-0.25, -0.2) is 0 Å². The van der Waals surface area contributed by atoms with Crippen LogP contribution in [0.15, 0.2) is 18.2 Å². The molecule has 0 aliphatic carbocycles. The van der Waals surface area contributed by atoms with E-state index < -0.39 is 25.3 Å². The maximum atomic E-state index is 12.3. The van der Waals surface area contributed by atoms with Crippen molar-refractivity contribution in [2.24, 2.45) is 0 Å². The molecule has 0 fully saturated rings. The predicted molar refractivity (Wildman–Crippen MR) is 66.6 cm³/mol. The second-order valence-corrected chi connectivity index (χ2v) is 4.46. The van der Waals surface area contributed by atoms with Crippen LogP contribution in [0.1, 0.15) is 18.9 Å². The van der Waals surface area contributed by atoms with Gasteiger partial charge in [-0.05, 0) is 24.6 Å². The molecule has 0 aliphatic rings. The number of ether oxygens (including phenoxy) is 2. The molecule has 0 spiro atoms. The van der Waals surface area contributed by atoms with Gasteiger partial charge in [0.2, 0.25) is 0 Å². The summed E-state index contributed by atoms with van der Waals surface area (Å²) in [6.07, 6.45) is -5.22. The quantitative estimate of drug-likeness (QED) is 0.778. The molecule has 120 valence electrons. The largest absolute Gasteiger partial charge is 0.493 e. The fraction of sp³-hybridized carbons (Fsp3) is 0.538. The summed E-state index contributed by atoms with van der Waals surface area (Å²) in [6.45, 7) is -1.51. The van der Waals surface area contributed by atoms with Crippen LogP contribution in [0.25, 0.3) is 0 Å². The van der Waals surface area contributed by atoms with E-state index in [0.29, 0.717) is 5.56 Å². The molecule has 0 amide bonds. The first-order chi connectivity index (χ1) is 9.71. The fourth-order valence-corrected chi connectivity index (χ4v) is 1.73. The number of hydrogen-bond acceptors (Lipinski definition) is 3. The second-order valence-electron chi connectivity index (χ2n) is 4.46. The van der Waals surface area contributed by atoms with Gasteiger partial charge in [0.15, 0.2) is 11.5 Å². The van der Waals surface area contributed by atoms with Gasteiger partial charge in [-0.2, -0.15) is 22.0 Å². The maximum Gasteiger partial charge on any atom is 0.390 e. The lowest BCUT2D eigenvalue weighted by molar-refractivity contribution is -0.139. The van der Waals surface area contributed by atoms with Gasteiger partial charge in [-0.1, -0.05) is 6.07 Å². The Labute approximate surface area is 119 Å². The monoisotopic (exact) mass is 313 g/mol. The van der Waals surface area contributed by atoms with E-state index in [4.69, 9.17) is 4.74 Å². The molecule has 1 atom stereocenters. The summed E-state index contributed by atoms with van der Waals surface area (Å²) >= 11 is 0. The number of alkyl halides is 5. The molecule has 8 heteroatoms. The lowest BCUT2D eigenvalue weighted by atomic mass is 10.1. The van der Waals surface area contributed by atoms with Crippen LogP contribution in [0.5, 0.6) is 11.5 Å². The molecule has 21 heavy (non-hydrogen) atoms. The third kappa shape index (κ3) is 6.61. The van der Waals surface area contributed by atoms with Crippen LogP contribution in [0.2, 0.25) is 0 Å². The van der Waals surface area contributed by atoms with Crippen LogP contribution in [0.4, 0.5) is 22.0 Å². The second kappa shape index (κ2) is 7.44. The maximum absolute atomic E-state index is 12.3. The summed E-state index contributed by atoms with van der Waals surface area (Å²) < 4.78 is 70.2. The van der Waals surface area contributed by atoms with E-state index in [1.807, 2.05) is 0 Å². The summed E-state index contributed by atoms with van der Waals surface area (Å²) in [4.78, 5) is 0. The molecule has 1 unspecified atom stereocenters. The Balaban J connectivity index is 2.67. The lowest BCUT2D eigenvalue weighted by Gasteiger charge is -2.16. The number of methoxy groups -OCH3 is 1. The van der Waals surface area contributed by atoms with Crippen LogP contribution < -0.4 is 14.8 Å². The molecule has 0 radical (unpaired) electrons. The van der Waals surface area contributed by atoms with Gasteiger partial charge in [0, 0.05) is 12.6 Å². The van der Waals surface area contributed by atoms with Gasteiger partial charge in [-0.15, -0.1) is 0 Å². The molecular formula is C13H16F5NO2. The molecular weight excluding hydrogens is 297 g/mol. The minimum atomic E-state index is -4.25. The number of hydrogen-bond donors (Lipinski definition) is 1. The predicted octanol–water partition coefficient (Wildman–Crippen LogP) is 3.73. The third-order valence-corrected chi connectivity index (χ3v) is 2.64. The summed E-state index contributed by atoms with van der Waals surface area (Å²) in [6, 6.07) is 3.50. The van der Waals surface area contributed by atoms with Crippen molar-refractivity contribution in [2.45, 2.75) is 38.7 Å². The van der Waals surface area contributed by atoms with Gasteiger partial charge in [-0.3, -0.25) is 0 Å². The van der Waals surface area contributed by atoms with E-state index in [-0.39, 0.29) is 18.0 Å². The molecule has 1 rings (SSSR count). The molecule has 0 saturated carbocycles. The SMILES string of the molecule is COc1ccc(CNC(C)CC(F)(F)F)cc1OC(F)F. The van der Waals surface area contributed by atoms with Crippen molar-refractivity contribution in [1.82, 2.24) is 5.32 Å². The number of rotatable bonds is 7. The summed E-state index contributed by atoms with van der Waals surface area (Å²) in [5, 5.41) is 2.67. The van der Waals surface area contributed by atoms with E-state index in [2.05, 4.69) is 10.1 Å². The Morgan fingerprint density at radius 1 is 1.19 bits per heavy atom. The first-order valence-electron chi connectivity index (χ1n) is 6.13. The summed E-state index contributed by atoms with van der Waals surface area (Å²) in [5.41, 5.74) is 0.514. The molecule has 1 aromatic rings. The number of benzene rings is 1. The van der Waals surface area contributed by atoms with Crippen LogP contribution in [0.3, 0.4) is 0 Å². The molecule has 1 N–H and O–H groups in total. The molecule has 3 nitrogen and oxygen atoms in total. The van der Waals surface area contributed by atoms with Crippen molar-refractivity contribution in [3.63, 3.8) is 0 Å². The minimum absolute atomic E-state index is 0.0981. The summed E-state index contributed by atoms with van der Waals surface area (Å²) in [5.74, 6) is -0.0299. The van der Waals surface area contributed by atoms with Crippen molar-refractivity contribution in [3.05, 3.63) is 23.8 Å². The van der Waals surface area contributed by atoms with Gasteiger partial charge >= 0.3 is 12.8 Å². The topological polar surface area (TPSA) is 30.5 Å². The van der Waals surface area contributed by atoms with Crippen LogP contribution in [0, 0.1) is 0 Å². The average molecular weight is 313 g/mol. The Bertz CT molecular complexity index is 451. The highest BCUT2D eigenvalue weighted by Gasteiger charge is 2.29. The zero-order valence-corrected chi connectivity index (χ0v) is 11.5. The zero-order chi connectivity index (χ0) is 16.0. The van der Waals surface area contributed by atoms with Crippen molar-refractivity contribution in [3.8, 4) is 11.5 Å². The molecule has 0 heterocycles. The highest BCUT2D eigenvalue weighted by molar-refractivity contribution is 5.43. The summed E-state index contributed by atoms with van der Waals surface area (Å²) in [7, 11) is 1.30. The van der Waals surface area contributed by atoms with Crippen molar-refractivity contribution in [2.75, 3.05) is 7.11 Å². The molecule has 0 aliphatic heterocycles. The Morgan fingerprint density at radius 3 is 2.38 bits per heavy atom. The first-order valence-corrected chi connectivity index (χ1v) is 6.13. The van der Waals surface area contributed by atoms with Gasteiger partial charge < -0.3 is 14.8 Å². The van der Waals surface area contributed by atoms with E-state index >= 15 is 0 Å². The Morgan fingerprint density at radius 2 is 1.86 bits per heavy atom. The first kappa shape index (κ1) is 17.5. The van der Waals surface area contributed by atoms with Crippen LogP contribution >= 0.6 is 0 Å². The highest BCUT2D eigenvalue weighted by atomic mass is 19.4. The highest BCUT2D eigenvalue weighted by Crippen LogP contribution is 2.29. The van der Waals surface area contributed by atoms with E-state index in [1.54, 1.807) is 6.07 Å². The van der Waals surface area contributed by atoms with Crippen LogP contribution in [-0.4, -0.2) is 25.9 Å². The molecule has 0 aromatic heterocycles. The van der Waals surface area contributed by atoms with E-state index in [0.717, 1.165) is 0 Å². The smallest absolute Gasteiger partial charge is 0.390 e. The Hall–Kier alpha value is -1.57. The van der Waals surface area contributed by atoms with Gasteiger partial charge in [0.25, 0.3) is 0 Å². The van der Waals surface area contributed by atoms with Crippen molar-refractivity contribution >= 4 is 0 Å². The van der Waals surface area contributed by atoms with Crippen molar-refractivity contribution < 1.29 is 31.4 Å². The number of nitrogens with one attached hydrogen (secondary N) is 1. The fourth-order valence-electron chi connectivity index (χ4n) is 1.73. The van der Waals surface area contributed by atoms with Gasteiger partial charge in [0.05, 0.1) is 13.5 Å². The zero-order valence-electron chi connectivity index (χ0n) is 11.5. The molecule has 1 aromatic carbocycles. The van der Waals surface area contributed by atoms with Crippen molar-refractivity contribution in [1.29, 1.82) is 0 Å². The molecule has 0 saturated heterocycles. The standard InChI is InChI=1S/C13H16F5NO2/c1-8(6-13(16,17)18)19-7-9-3-4-10(20-2)11(5-9)21-12(14)15/h3-5,8,12,19H,6-7H2,1-2H3. The third-order valence-electron chi connectivity index (χ3n) is 2.64. The minimum Gasteiger partial charge on any atom is -0.493 e. The lowest BCUT2D eigenvalue weighted by Crippen LogP contribution is -2.30. The number of halogens is 5. The van der Waals surface area contributed by atoms with E-state index in [1.165, 1.54) is 26.2 Å². The Kier molecular flexibility index (Phi) is 6.19. The van der Waals surface area contributed by atoms with Crippen LogP contribution in [-0.2, 0) is 6.54 Å². The molecule has 0 bridgehead atoms.